The lowest BCUT2D eigenvalue weighted by Gasteiger charge is -2.07. The molecule has 0 aliphatic heterocycles. The number of aryl methyl sites for hydroxylation is 1. The second-order valence-corrected chi connectivity index (χ2v) is 8.35. The Kier molecular flexibility index (Phi) is 9.18. The van der Waals surface area contributed by atoms with E-state index in [4.69, 9.17) is 21.8 Å². The quantitative estimate of drug-likeness (QED) is 0.187. The largest absolute Gasteiger partial charge is 0.478 e. The molecule has 200 valence electrons. The molecule has 13 heteroatoms. The van der Waals surface area contributed by atoms with Gasteiger partial charge >= 0.3 is 18.0 Å². The van der Waals surface area contributed by atoms with Crippen molar-refractivity contribution < 1.29 is 33.4 Å². The van der Waals surface area contributed by atoms with Crippen LogP contribution in [0.5, 0.6) is 0 Å². The fourth-order valence-corrected chi connectivity index (χ4v) is 3.56. The van der Waals surface area contributed by atoms with E-state index in [-0.39, 0.29) is 33.2 Å². The van der Waals surface area contributed by atoms with Crippen LogP contribution in [0, 0.1) is 18.6 Å². The van der Waals surface area contributed by atoms with Crippen molar-refractivity contribution >= 4 is 51.9 Å². The number of hydrogen-bond donors (Lipinski definition) is 4. The van der Waals surface area contributed by atoms with Crippen LogP contribution in [-0.2, 0) is 0 Å². The van der Waals surface area contributed by atoms with E-state index in [0.717, 1.165) is 23.1 Å². The topological polar surface area (TPSA) is 154 Å². The molecule has 0 atom stereocenters. The molecule has 0 radical (unpaired) electrons. The fourth-order valence-electron chi connectivity index (χ4n) is 3.33. The van der Waals surface area contributed by atoms with Gasteiger partial charge in [0.2, 0.25) is 0 Å². The summed E-state index contributed by atoms with van der Waals surface area (Å²) in [5, 5.41) is 25.0. The second-order valence-electron chi connectivity index (χ2n) is 7.94. The van der Waals surface area contributed by atoms with Crippen molar-refractivity contribution in [1.82, 2.24) is 15.4 Å². The lowest BCUT2D eigenvalue weighted by molar-refractivity contribution is 0.0686. The standard InChI is InChI=1S/C15H12F2N4O3.C11H8ClNO2/c1-8(13-12(14(22)23)3-2-4-18-13)20-21-15(24)19-11-6-9(16)5-10(17)7-11;1-6-4-7-2-3-8(12)9(11(14)15)10(7)13-5-6/h2-7H,1H3,(H,22,23)(H2,19,21,24);2-5H,1H3,(H,14,15)/b20-8+;. The van der Waals surface area contributed by atoms with Crippen molar-refractivity contribution in [3.05, 3.63) is 100.0 Å². The maximum atomic E-state index is 13.0. The van der Waals surface area contributed by atoms with Gasteiger partial charge in [0.25, 0.3) is 0 Å². The van der Waals surface area contributed by atoms with Gasteiger partial charge in [0.1, 0.15) is 22.9 Å². The highest BCUT2D eigenvalue weighted by atomic mass is 35.5. The maximum absolute atomic E-state index is 13.0. The van der Waals surface area contributed by atoms with Gasteiger partial charge in [0.05, 0.1) is 21.8 Å². The number of urea groups is 1. The Bertz CT molecular complexity index is 1590. The Morgan fingerprint density at radius 3 is 2.31 bits per heavy atom. The molecule has 10 nitrogen and oxygen atoms in total. The number of rotatable bonds is 5. The summed E-state index contributed by atoms with van der Waals surface area (Å²) in [5.74, 6) is -3.93. The van der Waals surface area contributed by atoms with E-state index in [0.29, 0.717) is 11.6 Å². The molecule has 0 aliphatic carbocycles. The van der Waals surface area contributed by atoms with Crippen LogP contribution in [0.3, 0.4) is 0 Å². The number of carboxylic acid groups (broad SMARTS) is 2. The lowest BCUT2D eigenvalue weighted by Crippen LogP contribution is -2.26. The van der Waals surface area contributed by atoms with E-state index in [1.165, 1.54) is 25.3 Å². The average Bonchev–Trinajstić information content (AvgIpc) is 2.86. The predicted molar refractivity (Wildman–Crippen MR) is 140 cm³/mol. The van der Waals surface area contributed by atoms with E-state index in [1.807, 2.05) is 13.0 Å². The number of nitrogens with zero attached hydrogens (tertiary/aromatic N) is 3. The molecule has 4 N–H and O–H groups in total. The normalized spacial score (nSPS) is 10.8. The monoisotopic (exact) mass is 555 g/mol. The molecule has 2 aromatic carbocycles. The SMILES string of the molecule is C/C(=N\NC(=O)Nc1cc(F)cc(F)c1)c1ncccc1C(=O)O.Cc1cnc2c(C(=O)O)c(Cl)ccc2c1. The zero-order chi connectivity index (χ0) is 28.7. The molecule has 0 spiro atoms. The van der Waals surface area contributed by atoms with Gasteiger partial charge < -0.3 is 15.5 Å². The summed E-state index contributed by atoms with van der Waals surface area (Å²) < 4.78 is 26.1. The van der Waals surface area contributed by atoms with Gasteiger partial charge in [-0.2, -0.15) is 5.10 Å². The smallest absolute Gasteiger partial charge is 0.339 e. The Morgan fingerprint density at radius 2 is 1.67 bits per heavy atom. The summed E-state index contributed by atoms with van der Waals surface area (Å²) in [4.78, 5) is 41.8. The number of aromatic carboxylic acids is 2. The first-order chi connectivity index (χ1) is 18.5. The van der Waals surface area contributed by atoms with Gasteiger partial charge in [-0.05, 0) is 55.8 Å². The van der Waals surface area contributed by atoms with Crippen molar-refractivity contribution in [3.8, 4) is 0 Å². The summed E-state index contributed by atoms with van der Waals surface area (Å²) >= 11 is 5.82. The Hall–Kier alpha value is -4.97. The summed E-state index contributed by atoms with van der Waals surface area (Å²) in [5.41, 5.74) is 3.64. The first-order valence-corrected chi connectivity index (χ1v) is 11.4. The van der Waals surface area contributed by atoms with E-state index in [2.05, 4.69) is 25.8 Å². The van der Waals surface area contributed by atoms with Gasteiger partial charge in [-0.1, -0.05) is 17.7 Å². The first kappa shape index (κ1) is 28.6. The Morgan fingerprint density at radius 1 is 0.974 bits per heavy atom. The molecule has 2 amide bonds. The Balaban J connectivity index is 0.000000239. The van der Waals surface area contributed by atoms with Crippen LogP contribution in [0.15, 0.2) is 66.0 Å². The zero-order valence-electron chi connectivity index (χ0n) is 20.4. The molecule has 2 aromatic heterocycles. The van der Waals surface area contributed by atoms with Crippen molar-refractivity contribution in [3.63, 3.8) is 0 Å². The van der Waals surface area contributed by atoms with Crippen LogP contribution >= 0.6 is 11.6 Å². The van der Waals surface area contributed by atoms with E-state index < -0.39 is 29.6 Å². The minimum absolute atomic E-state index is 0.0640. The van der Waals surface area contributed by atoms with E-state index >= 15 is 0 Å². The third-order valence-electron chi connectivity index (χ3n) is 4.98. The number of hydrogen-bond acceptors (Lipinski definition) is 6. The molecule has 0 saturated heterocycles. The molecule has 2 heterocycles. The van der Waals surface area contributed by atoms with Gasteiger partial charge in [0.15, 0.2) is 0 Å². The number of hydrazone groups is 1. The lowest BCUT2D eigenvalue weighted by atomic mass is 10.1. The molecule has 0 unspecified atom stereocenters. The molecule has 0 fully saturated rings. The third kappa shape index (κ3) is 7.52. The van der Waals surface area contributed by atoms with Gasteiger partial charge in [-0.25, -0.2) is 28.6 Å². The number of carbonyl (C=O) groups excluding carboxylic acids is 1. The van der Waals surface area contributed by atoms with Crippen LogP contribution in [0.1, 0.15) is 38.9 Å². The predicted octanol–water partition coefficient (Wildman–Crippen LogP) is 5.50. The number of benzene rings is 2. The van der Waals surface area contributed by atoms with Crippen LogP contribution in [0.4, 0.5) is 19.3 Å². The van der Waals surface area contributed by atoms with Crippen molar-refractivity contribution in [2.45, 2.75) is 13.8 Å². The van der Waals surface area contributed by atoms with Crippen molar-refractivity contribution in [2.75, 3.05) is 5.32 Å². The zero-order valence-corrected chi connectivity index (χ0v) is 21.1. The molecule has 0 aliphatic rings. The van der Waals surface area contributed by atoms with Crippen LogP contribution < -0.4 is 10.7 Å². The van der Waals surface area contributed by atoms with Crippen LogP contribution in [-0.4, -0.2) is 43.9 Å². The van der Waals surface area contributed by atoms with Gasteiger partial charge in [0, 0.05) is 29.5 Å². The number of fused-ring (bicyclic) bond motifs is 1. The van der Waals surface area contributed by atoms with Crippen LogP contribution in [0.25, 0.3) is 10.9 Å². The molecular formula is C26H20ClF2N5O5. The van der Waals surface area contributed by atoms with Crippen molar-refractivity contribution in [1.29, 1.82) is 0 Å². The highest BCUT2D eigenvalue weighted by molar-refractivity contribution is 6.35. The number of nitrogens with one attached hydrogen (secondary N) is 2. The average molecular weight is 556 g/mol. The summed E-state index contributed by atoms with van der Waals surface area (Å²) in [6.45, 7) is 3.36. The molecule has 39 heavy (non-hydrogen) atoms. The molecule has 4 rings (SSSR count). The first-order valence-electron chi connectivity index (χ1n) is 11.0. The molecule has 0 bridgehead atoms. The fraction of sp³-hybridized carbons (Fsp3) is 0.0769. The summed E-state index contributed by atoms with van der Waals surface area (Å²) in [7, 11) is 0. The van der Waals surface area contributed by atoms with E-state index in [1.54, 1.807) is 18.3 Å². The minimum atomic E-state index is -1.19. The van der Waals surface area contributed by atoms with Crippen LogP contribution in [0.2, 0.25) is 5.02 Å². The number of carboxylic acids is 2. The second kappa shape index (κ2) is 12.5. The minimum Gasteiger partial charge on any atom is -0.478 e. The third-order valence-corrected chi connectivity index (χ3v) is 5.29. The molecule has 4 aromatic rings. The Labute approximate surface area is 225 Å². The number of aromatic nitrogens is 2. The number of pyridine rings is 2. The summed E-state index contributed by atoms with van der Waals surface area (Å²) in [6, 6.07) is 9.70. The summed E-state index contributed by atoms with van der Waals surface area (Å²) in [6.07, 6.45) is 3.02. The number of carbonyl (C=O) groups is 3. The number of anilines is 1. The number of halogens is 3. The van der Waals surface area contributed by atoms with Gasteiger partial charge in [-0.3, -0.25) is 9.97 Å². The van der Waals surface area contributed by atoms with Gasteiger partial charge in [-0.15, -0.1) is 0 Å². The highest BCUT2D eigenvalue weighted by Crippen LogP contribution is 2.25. The molecule has 0 saturated carbocycles. The maximum Gasteiger partial charge on any atom is 0.339 e. The molecular weight excluding hydrogens is 536 g/mol. The number of amides is 2. The van der Waals surface area contributed by atoms with E-state index in [9.17, 15) is 23.2 Å². The highest BCUT2D eigenvalue weighted by Gasteiger charge is 2.15. The van der Waals surface area contributed by atoms with Crippen molar-refractivity contribution in [2.24, 2.45) is 5.10 Å².